The van der Waals surface area contributed by atoms with Gasteiger partial charge in [0.05, 0.1) is 51.0 Å². The summed E-state index contributed by atoms with van der Waals surface area (Å²) in [6.07, 6.45) is 14.2. The lowest BCUT2D eigenvalue weighted by Crippen LogP contribution is -2.69. The highest BCUT2D eigenvalue weighted by Gasteiger charge is 2.66. The van der Waals surface area contributed by atoms with Gasteiger partial charge in [0.25, 0.3) is 0 Å². The summed E-state index contributed by atoms with van der Waals surface area (Å²) in [6, 6.07) is 0.637. The van der Waals surface area contributed by atoms with Crippen LogP contribution in [0.15, 0.2) is 12.7 Å². The van der Waals surface area contributed by atoms with Gasteiger partial charge in [-0.3, -0.25) is 9.69 Å². The molecule has 6 nitrogen and oxygen atoms in total. The topological polar surface area (TPSA) is 59.0 Å². The summed E-state index contributed by atoms with van der Waals surface area (Å²) in [7, 11) is 0. The molecule has 0 radical (unpaired) electrons. The number of fused-ring (bicyclic) bond motifs is 5. The van der Waals surface area contributed by atoms with Crippen LogP contribution < -0.4 is 0 Å². The summed E-state index contributed by atoms with van der Waals surface area (Å²) < 4.78 is 13.3. The summed E-state index contributed by atoms with van der Waals surface area (Å²) in [5.41, 5.74) is 0.336. The molecule has 0 bridgehead atoms. The first-order valence-electron chi connectivity index (χ1n) is 16.4. The van der Waals surface area contributed by atoms with E-state index < -0.39 is 6.10 Å². The summed E-state index contributed by atoms with van der Waals surface area (Å²) in [6.45, 7) is 17.6. The Kier molecular flexibility index (Phi) is 7.74. The third-order valence-corrected chi connectivity index (χ3v) is 13.3. The molecule has 0 aromatic heterocycles. The third-order valence-electron chi connectivity index (χ3n) is 13.3. The lowest BCUT2D eigenvalue weighted by atomic mass is 9.44. The van der Waals surface area contributed by atoms with Gasteiger partial charge < -0.3 is 19.1 Å². The molecule has 4 unspecified atom stereocenters. The van der Waals surface area contributed by atoms with E-state index in [9.17, 15) is 9.90 Å². The molecule has 2 aliphatic heterocycles. The minimum Gasteiger partial charge on any atom is -0.460 e. The van der Waals surface area contributed by atoms with Crippen molar-refractivity contribution in [1.82, 2.24) is 4.90 Å². The number of ether oxygens (including phenoxy) is 2. The molecule has 2 saturated heterocycles. The van der Waals surface area contributed by atoms with E-state index in [2.05, 4.69) is 31.4 Å². The van der Waals surface area contributed by atoms with Gasteiger partial charge in [-0.25, -0.2) is 0 Å². The molecule has 6 aliphatic rings. The highest BCUT2D eigenvalue weighted by atomic mass is 16.5. The average molecular weight is 544 g/mol. The van der Waals surface area contributed by atoms with Crippen LogP contribution in [0.1, 0.15) is 85.0 Å². The second-order valence-corrected chi connectivity index (χ2v) is 15.0. The van der Waals surface area contributed by atoms with Gasteiger partial charge in [0.2, 0.25) is 0 Å². The molecule has 2 heterocycles. The van der Waals surface area contributed by atoms with Gasteiger partial charge in [0.1, 0.15) is 6.10 Å². The zero-order valence-electron chi connectivity index (χ0n) is 25.0. The number of carbonyl (C=O) groups is 1. The van der Waals surface area contributed by atoms with Crippen molar-refractivity contribution in [3.8, 4) is 0 Å². The Labute approximate surface area is 237 Å². The van der Waals surface area contributed by atoms with Crippen LogP contribution in [-0.2, 0) is 14.3 Å². The van der Waals surface area contributed by atoms with Crippen LogP contribution in [0, 0.1) is 34.5 Å². The molecule has 6 fully saturated rings. The van der Waals surface area contributed by atoms with Crippen LogP contribution in [0.5, 0.6) is 0 Å². The van der Waals surface area contributed by atoms with Crippen molar-refractivity contribution in [1.29, 1.82) is 0 Å². The molecular formula is C33H55N2O4+. The Morgan fingerprint density at radius 2 is 1.85 bits per heavy atom. The minimum atomic E-state index is -0.450. The van der Waals surface area contributed by atoms with E-state index in [1.165, 1.54) is 68.9 Å². The quantitative estimate of drug-likeness (QED) is 0.307. The molecule has 39 heavy (non-hydrogen) atoms. The summed E-state index contributed by atoms with van der Waals surface area (Å²) >= 11 is 0. The number of morpholine rings is 1. The second kappa shape index (κ2) is 10.7. The van der Waals surface area contributed by atoms with E-state index in [-0.39, 0.29) is 23.5 Å². The van der Waals surface area contributed by atoms with Gasteiger partial charge in [0, 0.05) is 38.3 Å². The van der Waals surface area contributed by atoms with Crippen LogP contribution >= 0.6 is 0 Å². The third kappa shape index (κ3) is 4.64. The molecule has 1 N–H and O–H groups in total. The second-order valence-electron chi connectivity index (χ2n) is 15.0. The summed E-state index contributed by atoms with van der Waals surface area (Å²) in [5.74, 6) is 2.23. The molecular weight excluding hydrogens is 488 g/mol. The number of rotatable bonds is 5. The van der Waals surface area contributed by atoms with Gasteiger partial charge in [-0.05, 0) is 86.5 Å². The molecule has 0 amide bonds. The Hall–Kier alpha value is -0.950. The van der Waals surface area contributed by atoms with Crippen molar-refractivity contribution in [2.24, 2.45) is 34.5 Å². The number of aliphatic hydroxyl groups excluding tert-OH is 1. The van der Waals surface area contributed by atoms with Crippen LogP contribution in [0.4, 0.5) is 0 Å². The van der Waals surface area contributed by atoms with Crippen molar-refractivity contribution in [3.63, 3.8) is 0 Å². The normalized spacial score (nSPS) is 47.9. The van der Waals surface area contributed by atoms with Crippen molar-refractivity contribution >= 4 is 5.97 Å². The van der Waals surface area contributed by atoms with Gasteiger partial charge in [0.15, 0.2) is 0 Å². The molecule has 10 atom stereocenters. The highest BCUT2D eigenvalue weighted by molar-refractivity contribution is 5.66. The van der Waals surface area contributed by atoms with Gasteiger partial charge in [-0.2, -0.15) is 0 Å². The highest BCUT2D eigenvalue weighted by Crippen LogP contribution is 2.67. The number of carbonyl (C=O) groups excluding carboxylic acids is 1. The molecule has 6 heteroatoms. The van der Waals surface area contributed by atoms with E-state index in [4.69, 9.17) is 9.47 Å². The number of hydrogen-bond acceptors (Lipinski definition) is 5. The van der Waals surface area contributed by atoms with Crippen molar-refractivity contribution in [3.05, 3.63) is 12.7 Å². The van der Waals surface area contributed by atoms with Crippen molar-refractivity contribution in [2.75, 3.05) is 45.9 Å². The lowest BCUT2D eigenvalue weighted by Gasteiger charge is -2.64. The minimum absolute atomic E-state index is 0.0886. The van der Waals surface area contributed by atoms with Crippen LogP contribution in [0.3, 0.4) is 0 Å². The Morgan fingerprint density at radius 1 is 1.10 bits per heavy atom. The molecule has 6 rings (SSSR count). The van der Waals surface area contributed by atoms with Crippen molar-refractivity contribution in [2.45, 2.75) is 109 Å². The molecule has 220 valence electrons. The summed E-state index contributed by atoms with van der Waals surface area (Å²) in [4.78, 5) is 15.0. The van der Waals surface area contributed by atoms with Gasteiger partial charge in [-0.15, -0.1) is 0 Å². The average Bonchev–Trinajstić information content (AvgIpc) is 3.29. The Morgan fingerprint density at radius 3 is 2.54 bits per heavy atom. The van der Waals surface area contributed by atoms with Crippen LogP contribution in [-0.4, -0.2) is 90.7 Å². The molecule has 0 aromatic carbocycles. The van der Waals surface area contributed by atoms with Crippen LogP contribution in [0.25, 0.3) is 0 Å². The number of esters is 1. The molecule has 4 aliphatic carbocycles. The predicted octanol–water partition coefficient (Wildman–Crippen LogP) is 4.80. The number of nitrogens with zero attached hydrogens (tertiary/aromatic N) is 2. The van der Waals surface area contributed by atoms with Gasteiger partial charge >= 0.3 is 5.97 Å². The Bertz CT molecular complexity index is 913. The first-order valence-corrected chi connectivity index (χ1v) is 16.4. The zero-order valence-corrected chi connectivity index (χ0v) is 25.0. The first-order chi connectivity index (χ1) is 18.7. The molecule has 0 spiro atoms. The number of aliphatic hydroxyl groups is 1. The van der Waals surface area contributed by atoms with Crippen molar-refractivity contribution < 1.29 is 23.9 Å². The maximum Gasteiger partial charge on any atom is 0.302 e. The Balaban J connectivity index is 1.31. The first kappa shape index (κ1) is 28.2. The molecule has 0 aromatic rings. The fourth-order valence-electron chi connectivity index (χ4n) is 11.5. The van der Waals surface area contributed by atoms with E-state index in [1.807, 2.05) is 0 Å². The SMILES string of the molecule is C=CC[N+]1([C@H]2CC3C4CC[C@H]5C[C@H](O)[C@@H](N6CCOCC6)C(OC(C)=O)[C@]5(C)C4CC[C@]3(C)C2)CCCCC1. The number of quaternary nitrogens is 1. The smallest absolute Gasteiger partial charge is 0.302 e. The number of hydrogen-bond donors (Lipinski definition) is 1. The lowest BCUT2D eigenvalue weighted by molar-refractivity contribution is -0.950. The van der Waals surface area contributed by atoms with E-state index in [0.29, 0.717) is 36.4 Å². The van der Waals surface area contributed by atoms with E-state index in [1.54, 1.807) is 6.92 Å². The largest absolute Gasteiger partial charge is 0.460 e. The fourth-order valence-corrected chi connectivity index (χ4v) is 11.5. The standard InChI is InChI=1S/C33H55N2O4/c1-5-15-35(16-7-6-8-17-35)25-21-28-26-10-9-24-20-29(37)30(34-13-18-38-19-14-34)31(39-23(2)36)33(24,4)27(26)11-12-32(28,3)22-25/h5,24-31,37H,1,6-22H2,2-4H3/q+1/t24-,25-,26?,27?,28?,29-,30+,31?,32+,33-/m0/s1. The van der Waals surface area contributed by atoms with Gasteiger partial charge in [-0.1, -0.05) is 20.4 Å². The number of piperidine rings is 1. The molecule has 4 saturated carbocycles. The zero-order chi connectivity index (χ0) is 27.4. The number of likely N-dealkylation sites (tertiary alicyclic amines) is 1. The van der Waals surface area contributed by atoms with E-state index >= 15 is 0 Å². The summed E-state index contributed by atoms with van der Waals surface area (Å²) in [5, 5.41) is 11.5. The van der Waals surface area contributed by atoms with Crippen LogP contribution in [0.2, 0.25) is 0 Å². The fraction of sp³-hybridized carbons (Fsp3) is 0.909. The monoisotopic (exact) mass is 543 g/mol. The maximum absolute atomic E-state index is 12.6. The van der Waals surface area contributed by atoms with E-state index in [0.717, 1.165) is 44.4 Å². The maximum atomic E-state index is 12.6. The predicted molar refractivity (Wildman–Crippen MR) is 153 cm³/mol.